The van der Waals surface area contributed by atoms with Crippen molar-refractivity contribution in [3.8, 4) is 0 Å². The van der Waals surface area contributed by atoms with E-state index < -0.39 is 0 Å². The van der Waals surface area contributed by atoms with Crippen LogP contribution in [0.25, 0.3) is 0 Å². The largest absolute Gasteiger partial charge is 0.294 e. The Morgan fingerprint density at radius 1 is 0.875 bits per heavy atom. The van der Waals surface area contributed by atoms with Crippen LogP contribution in [0.15, 0.2) is 9.98 Å². The van der Waals surface area contributed by atoms with Gasteiger partial charge in [0, 0.05) is 35.3 Å². The van der Waals surface area contributed by atoms with Gasteiger partial charge in [0.15, 0.2) is 0 Å². The number of aliphatic imine (C=N–C) groups is 2. The quantitative estimate of drug-likeness (QED) is 0.695. The third kappa shape index (κ3) is 1.94. The normalized spacial score (nSPS) is 38.8. The van der Waals surface area contributed by atoms with Gasteiger partial charge in [-0.25, -0.2) is 0 Å². The Kier molecular flexibility index (Phi) is 2.93. The van der Waals surface area contributed by atoms with Crippen molar-refractivity contribution in [3.63, 3.8) is 0 Å². The first-order valence-corrected chi connectivity index (χ1v) is 6.49. The maximum atomic E-state index is 4.56. The van der Waals surface area contributed by atoms with Gasteiger partial charge < -0.3 is 0 Å². The smallest absolute Gasteiger partial charge is 0.0397 e. The molecule has 0 aromatic carbocycles. The summed E-state index contributed by atoms with van der Waals surface area (Å²) in [5, 5.41) is 0. The van der Waals surface area contributed by atoms with E-state index in [1.807, 2.05) is 0 Å². The summed E-state index contributed by atoms with van der Waals surface area (Å²) in [6, 6.07) is 0. The lowest BCUT2D eigenvalue weighted by atomic mass is 9.72. The number of hydrogen-bond acceptors (Lipinski definition) is 2. The minimum absolute atomic E-state index is 0.367. The molecule has 2 aliphatic heterocycles. The summed E-state index contributed by atoms with van der Waals surface area (Å²) in [6.45, 7) is 11.2. The monoisotopic (exact) mass is 220 g/mol. The molecule has 2 rings (SSSR count). The Balaban J connectivity index is 1.98. The fraction of sp³-hybridized carbons (Fsp3) is 0.857. The lowest BCUT2D eigenvalue weighted by molar-refractivity contribution is 0.324. The van der Waals surface area contributed by atoms with E-state index in [0.717, 1.165) is 13.1 Å². The van der Waals surface area contributed by atoms with Crippen LogP contribution >= 0.6 is 0 Å². The van der Waals surface area contributed by atoms with E-state index in [-0.39, 0.29) is 0 Å². The zero-order valence-electron chi connectivity index (χ0n) is 11.1. The van der Waals surface area contributed by atoms with Crippen molar-refractivity contribution in [2.24, 2.45) is 20.8 Å². The highest BCUT2D eigenvalue weighted by molar-refractivity contribution is 5.90. The van der Waals surface area contributed by atoms with Crippen LogP contribution in [-0.4, -0.2) is 24.5 Å². The minimum Gasteiger partial charge on any atom is -0.294 e. The summed E-state index contributed by atoms with van der Waals surface area (Å²) in [4.78, 5) is 9.13. The van der Waals surface area contributed by atoms with Crippen LogP contribution in [0.4, 0.5) is 0 Å². The van der Waals surface area contributed by atoms with Crippen molar-refractivity contribution in [2.75, 3.05) is 13.1 Å². The molecule has 0 amide bonds. The molecule has 2 heterocycles. The number of rotatable bonds is 3. The molecule has 0 saturated carbocycles. The Morgan fingerprint density at radius 3 is 1.50 bits per heavy atom. The summed E-state index contributed by atoms with van der Waals surface area (Å²) >= 11 is 0. The molecule has 2 unspecified atom stereocenters. The molecule has 2 aliphatic rings. The first kappa shape index (κ1) is 11.8. The Morgan fingerprint density at radius 2 is 1.25 bits per heavy atom. The van der Waals surface area contributed by atoms with Gasteiger partial charge in [-0.05, 0) is 39.5 Å². The molecule has 0 saturated heterocycles. The fourth-order valence-electron chi connectivity index (χ4n) is 2.85. The van der Waals surface area contributed by atoms with E-state index >= 15 is 0 Å². The predicted molar refractivity (Wildman–Crippen MR) is 70.6 cm³/mol. The van der Waals surface area contributed by atoms with Crippen LogP contribution in [0.5, 0.6) is 0 Å². The third-order valence-corrected chi connectivity index (χ3v) is 5.00. The molecule has 16 heavy (non-hydrogen) atoms. The average Bonchev–Trinajstić information content (AvgIpc) is 2.73. The summed E-state index contributed by atoms with van der Waals surface area (Å²) in [7, 11) is 0. The minimum atomic E-state index is 0.367. The predicted octanol–water partition coefficient (Wildman–Crippen LogP) is 3.51. The van der Waals surface area contributed by atoms with Crippen molar-refractivity contribution >= 4 is 11.4 Å². The van der Waals surface area contributed by atoms with Gasteiger partial charge in [0.25, 0.3) is 0 Å². The van der Waals surface area contributed by atoms with Crippen LogP contribution in [0.2, 0.25) is 0 Å². The SMILES string of the molecule is CC1=NCCC1(C)CCC1(C)CCN=C1C. The van der Waals surface area contributed by atoms with Gasteiger partial charge in [0.2, 0.25) is 0 Å². The highest BCUT2D eigenvalue weighted by Gasteiger charge is 2.37. The van der Waals surface area contributed by atoms with Crippen LogP contribution in [0, 0.1) is 10.8 Å². The van der Waals surface area contributed by atoms with Crippen LogP contribution in [0.1, 0.15) is 53.4 Å². The second-order valence-corrected chi connectivity index (χ2v) is 6.06. The van der Waals surface area contributed by atoms with Gasteiger partial charge >= 0.3 is 0 Å². The van der Waals surface area contributed by atoms with Crippen LogP contribution in [-0.2, 0) is 0 Å². The molecule has 0 aliphatic carbocycles. The van der Waals surface area contributed by atoms with E-state index in [1.54, 1.807) is 0 Å². The molecule has 0 aromatic rings. The van der Waals surface area contributed by atoms with Crippen molar-refractivity contribution < 1.29 is 0 Å². The third-order valence-electron chi connectivity index (χ3n) is 5.00. The Labute approximate surface area is 99.3 Å². The summed E-state index contributed by atoms with van der Waals surface area (Å²) in [5.41, 5.74) is 3.46. The van der Waals surface area contributed by atoms with Gasteiger partial charge in [0.1, 0.15) is 0 Å². The van der Waals surface area contributed by atoms with Crippen molar-refractivity contribution in [1.82, 2.24) is 0 Å². The highest BCUT2D eigenvalue weighted by Crippen LogP contribution is 2.41. The van der Waals surface area contributed by atoms with Crippen molar-refractivity contribution in [1.29, 1.82) is 0 Å². The maximum Gasteiger partial charge on any atom is 0.0397 e. The second kappa shape index (κ2) is 3.97. The maximum absolute atomic E-state index is 4.56. The van der Waals surface area contributed by atoms with Crippen molar-refractivity contribution in [3.05, 3.63) is 0 Å². The molecule has 0 spiro atoms. The summed E-state index contributed by atoms with van der Waals surface area (Å²) in [5.74, 6) is 0. The van der Waals surface area contributed by atoms with Crippen LogP contribution < -0.4 is 0 Å². The Hall–Kier alpha value is -0.660. The zero-order chi connectivity index (χ0) is 11.8. The van der Waals surface area contributed by atoms with Crippen LogP contribution in [0.3, 0.4) is 0 Å². The molecular formula is C14H24N2. The molecule has 2 nitrogen and oxygen atoms in total. The molecule has 0 bridgehead atoms. The molecule has 2 heteroatoms. The molecule has 90 valence electrons. The van der Waals surface area contributed by atoms with Gasteiger partial charge in [-0.2, -0.15) is 0 Å². The molecule has 2 atom stereocenters. The molecular weight excluding hydrogens is 196 g/mol. The van der Waals surface area contributed by atoms with E-state index in [0.29, 0.717) is 10.8 Å². The molecule has 0 aromatic heterocycles. The summed E-state index contributed by atoms with van der Waals surface area (Å²) in [6.07, 6.45) is 5.02. The molecule has 0 radical (unpaired) electrons. The zero-order valence-corrected chi connectivity index (χ0v) is 11.1. The molecule has 0 fully saturated rings. The summed E-state index contributed by atoms with van der Waals surface area (Å²) < 4.78 is 0. The van der Waals surface area contributed by atoms with E-state index in [1.165, 1.54) is 37.1 Å². The topological polar surface area (TPSA) is 24.7 Å². The van der Waals surface area contributed by atoms with E-state index in [2.05, 4.69) is 37.7 Å². The van der Waals surface area contributed by atoms with Gasteiger partial charge in [0.05, 0.1) is 0 Å². The lowest BCUT2D eigenvalue weighted by Gasteiger charge is -2.31. The number of nitrogens with zero attached hydrogens (tertiary/aromatic N) is 2. The lowest BCUT2D eigenvalue weighted by Crippen LogP contribution is -2.28. The Bertz CT molecular complexity index is 309. The van der Waals surface area contributed by atoms with Gasteiger partial charge in [-0.3, -0.25) is 9.98 Å². The molecule has 0 N–H and O–H groups in total. The first-order valence-electron chi connectivity index (χ1n) is 6.49. The van der Waals surface area contributed by atoms with Crippen molar-refractivity contribution in [2.45, 2.75) is 53.4 Å². The van der Waals surface area contributed by atoms with E-state index in [9.17, 15) is 0 Å². The first-order chi connectivity index (χ1) is 7.46. The highest BCUT2D eigenvalue weighted by atomic mass is 14.8. The van der Waals surface area contributed by atoms with Gasteiger partial charge in [-0.1, -0.05) is 13.8 Å². The van der Waals surface area contributed by atoms with E-state index in [4.69, 9.17) is 0 Å². The number of hydrogen-bond donors (Lipinski definition) is 0. The fourth-order valence-corrected chi connectivity index (χ4v) is 2.85. The second-order valence-electron chi connectivity index (χ2n) is 6.06. The average molecular weight is 220 g/mol. The standard InChI is InChI=1S/C14H24N2/c1-11-13(3,7-9-15-11)5-6-14(4)8-10-16-12(14)2/h5-10H2,1-4H3. The van der Waals surface area contributed by atoms with Gasteiger partial charge in [-0.15, -0.1) is 0 Å².